The molecule has 1 aromatic rings. The van der Waals surface area contributed by atoms with E-state index in [1.165, 1.54) is 0 Å². The molecule has 0 aromatic heterocycles. The summed E-state index contributed by atoms with van der Waals surface area (Å²) in [6, 6.07) is 5.92. The van der Waals surface area contributed by atoms with Crippen LogP contribution in [-0.2, 0) is 16.1 Å². The van der Waals surface area contributed by atoms with Crippen molar-refractivity contribution in [1.29, 1.82) is 0 Å². The third kappa shape index (κ3) is 5.31. The first-order valence-corrected chi connectivity index (χ1v) is 7.87. The lowest BCUT2D eigenvalue weighted by Crippen LogP contribution is -2.29. The Kier molecular flexibility index (Phi) is 6.21. The average molecular weight is 306 g/mol. The molecule has 22 heavy (non-hydrogen) atoms. The Morgan fingerprint density at radius 3 is 3.05 bits per heavy atom. The summed E-state index contributed by atoms with van der Waals surface area (Å²) in [5, 5.41) is 2.89. The van der Waals surface area contributed by atoms with Gasteiger partial charge in [0.05, 0.1) is 13.2 Å². The van der Waals surface area contributed by atoms with Crippen molar-refractivity contribution < 1.29 is 14.3 Å². The Bertz CT molecular complexity index is 497. The highest BCUT2D eigenvalue weighted by atomic mass is 16.5. The second-order valence-electron chi connectivity index (χ2n) is 6.11. The van der Waals surface area contributed by atoms with E-state index in [0.717, 1.165) is 36.5 Å². The van der Waals surface area contributed by atoms with Gasteiger partial charge in [-0.1, -0.05) is 12.1 Å². The predicted octanol–water partition coefficient (Wildman–Crippen LogP) is 1.76. The first kappa shape index (κ1) is 16.8. The lowest BCUT2D eigenvalue weighted by atomic mass is 10.1. The van der Waals surface area contributed by atoms with E-state index in [1.807, 2.05) is 32.0 Å². The molecule has 2 rings (SSSR count). The van der Waals surface area contributed by atoms with Gasteiger partial charge in [-0.15, -0.1) is 0 Å². The molecule has 1 aliphatic rings. The SMILES string of the molecule is Cc1ccc(CNC(=O)CC(C)N)c(OCC2CCOC2)c1. The molecule has 0 saturated carbocycles. The fourth-order valence-corrected chi connectivity index (χ4v) is 2.42. The van der Waals surface area contributed by atoms with Gasteiger partial charge in [-0.2, -0.15) is 0 Å². The molecule has 2 atom stereocenters. The van der Waals surface area contributed by atoms with Gasteiger partial charge >= 0.3 is 0 Å². The Morgan fingerprint density at radius 1 is 1.55 bits per heavy atom. The van der Waals surface area contributed by atoms with E-state index in [9.17, 15) is 4.79 Å². The number of carbonyl (C=O) groups excluding carboxylic acids is 1. The third-order valence-electron chi connectivity index (χ3n) is 3.70. The third-order valence-corrected chi connectivity index (χ3v) is 3.70. The van der Waals surface area contributed by atoms with Crippen LogP contribution >= 0.6 is 0 Å². The molecular weight excluding hydrogens is 280 g/mol. The van der Waals surface area contributed by atoms with Gasteiger partial charge in [-0.25, -0.2) is 0 Å². The summed E-state index contributed by atoms with van der Waals surface area (Å²) in [6.07, 6.45) is 1.38. The molecule has 2 unspecified atom stereocenters. The molecule has 0 radical (unpaired) electrons. The van der Waals surface area contributed by atoms with Crippen LogP contribution in [0, 0.1) is 12.8 Å². The zero-order chi connectivity index (χ0) is 15.9. The maximum atomic E-state index is 11.7. The van der Waals surface area contributed by atoms with Crippen LogP contribution in [0.15, 0.2) is 18.2 Å². The minimum Gasteiger partial charge on any atom is -0.493 e. The molecule has 122 valence electrons. The molecule has 1 amide bonds. The molecule has 3 N–H and O–H groups in total. The average Bonchev–Trinajstić information content (AvgIpc) is 2.96. The summed E-state index contributed by atoms with van der Waals surface area (Å²) in [7, 11) is 0. The van der Waals surface area contributed by atoms with E-state index in [0.29, 0.717) is 25.5 Å². The van der Waals surface area contributed by atoms with E-state index in [2.05, 4.69) is 5.32 Å². The molecule has 1 aromatic carbocycles. The summed E-state index contributed by atoms with van der Waals surface area (Å²) < 4.78 is 11.3. The molecule has 1 aliphatic heterocycles. The van der Waals surface area contributed by atoms with Gasteiger partial charge in [-0.05, 0) is 31.9 Å². The predicted molar refractivity (Wildman–Crippen MR) is 85.7 cm³/mol. The van der Waals surface area contributed by atoms with Gasteiger partial charge < -0.3 is 20.5 Å². The molecule has 5 heteroatoms. The second-order valence-corrected chi connectivity index (χ2v) is 6.11. The number of amides is 1. The summed E-state index contributed by atoms with van der Waals surface area (Å²) in [5.41, 5.74) is 7.76. The van der Waals surface area contributed by atoms with Crippen molar-refractivity contribution in [2.45, 2.75) is 39.3 Å². The van der Waals surface area contributed by atoms with Crippen molar-refractivity contribution in [3.63, 3.8) is 0 Å². The van der Waals surface area contributed by atoms with Gasteiger partial charge in [0.2, 0.25) is 5.91 Å². The second kappa shape index (κ2) is 8.15. The van der Waals surface area contributed by atoms with Crippen LogP contribution in [-0.4, -0.2) is 31.8 Å². The number of nitrogens with two attached hydrogens (primary N) is 1. The van der Waals surface area contributed by atoms with Crippen LogP contribution in [0.2, 0.25) is 0 Å². The molecule has 0 spiro atoms. The first-order valence-electron chi connectivity index (χ1n) is 7.87. The van der Waals surface area contributed by atoms with Gasteiger partial charge in [-0.3, -0.25) is 4.79 Å². The summed E-state index contributed by atoms with van der Waals surface area (Å²) >= 11 is 0. The number of benzene rings is 1. The fourth-order valence-electron chi connectivity index (χ4n) is 2.42. The minimum absolute atomic E-state index is 0.0364. The number of hydrogen-bond acceptors (Lipinski definition) is 4. The number of ether oxygens (including phenoxy) is 2. The fraction of sp³-hybridized carbons (Fsp3) is 0.588. The Morgan fingerprint density at radius 2 is 2.36 bits per heavy atom. The quantitative estimate of drug-likeness (QED) is 0.805. The topological polar surface area (TPSA) is 73.6 Å². The van der Waals surface area contributed by atoms with Crippen LogP contribution in [0.1, 0.15) is 30.9 Å². The molecule has 1 heterocycles. The van der Waals surface area contributed by atoms with Crippen LogP contribution in [0.3, 0.4) is 0 Å². The largest absolute Gasteiger partial charge is 0.493 e. The number of hydrogen-bond donors (Lipinski definition) is 2. The lowest BCUT2D eigenvalue weighted by molar-refractivity contribution is -0.121. The van der Waals surface area contributed by atoms with E-state index in [1.54, 1.807) is 0 Å². The molecule has 0 aliphatic carbocycles. The number of rotatable bonds is 7. The monoisotopic (exact) mass is 306 g/mol. The minimum atomic E-state index is -0.129. The van der Waals surface area contributed by atoms with E-state index >= 15 is 0 Å². The van der Waals surface area contributed by atoms with Crippen LogP contribution in [0.4, 0.5) is 0 Å². The van der Waals surface area contributed by atoms with E-state index in [4.69, 9.17) is 15.2 Å². The Labute approximate surface area is 132 Å². The van der Waals surface area contributed by atoms with Crippen molar-refractivity contribution in [2.24, 2.45) is 11.7 Å². The maximum Gasteiger partial charge on any atom is 0.221 e. The van der Waals surface area contributed by atoms with Crippen molar-refractivity contribution in [3.8, 4) is 5.75 Å². The number of nitrogens with one attached hydrogen (secondary N) is 1. The highest BCUT2D eigenvalue weighted by molar-refractivity contribution is 5.76. The molecule has 0 bridgehead atoms. The zero-order valence-corrected chi connectivity index (χ0v) is 13.4. The molecule has 1 saturated heterocycles. The van der Waals surface area contributed by atoms with Gasteiger partial charge in [0.15, 0.2) is 0 Å². The molecule has 1 fully saturated rings. The molecular formula is C17H26N2O3. The van der Waals surface area contributed by atoms with Crippen molar-refractivity contribution >= 4 is 5.91 Å². The first-order chi connectivity index (χ1) is 10.5. The normalized spacial score (nSPS) is 19.0. The van der Waals surface area contributed by atoms with Crippen molar-refractivity contribution in [1.82, 2.24) is 5.32 Å². The molecule has 5 nitrogen and oxygen atoms in total. The summed E-state index contributed by atoms with van der Waals surface area (Å²) in [6.45, 7) is 6.56. The summed E-state index contributed by atoms with van der Waals surface area (Å²) in [4.78, 5) is 11.7. The highest BCUT2D eigenvalue weighted by Gasteiger charge is 2.17. The Hall–Kier alpha value is -1.59. The highest BCUT2D eigenvalue weighted by Crippen LogP contribution is 2.22. The smallest absolute Gasteiger partial charge is 0.221 e. The standard InChI is InChI=1S/C17H26N2O3/c1-12-3-4-15(9-19-17(20)8-13(2)18)16(7-12)22-11-14-5-6-21-10-14/h3-4,7,13-14H,5-6,8-11,18H2,1-2H3,(H,19,20). The zero-order valence-electron chi connectivity index (χ0n) is 13.4. The van der Waals surface area contributed by atoms with E-state index < -0.39 is 0 Å². The van der Waals surface area contributed by atoms with Gasteiger partial charge in [0.1, 0.15) is 5.75 Å². The summed E-state index contributed by atoms with van der Waals surface area (Å²) in [5.74, 6) is 1.26. The Balaban J connectivity index is 1.92. The van der Waals surface area contributed by atoms with Crippen LogP contribution in [0.5, 0.6) is 5.75 Å². The van der Waals surface area contributed by atoms with Crippen molar-refractivity contribution in [3.05, 3.63) is 29.3 Å². The van der Waals surface area contributed by atoms with Gasteiger partial charge in [0, 0.05) is 37.1 Å². The van der Waals surface area contributed by atoms with Gasteiger partial charge in [0.25, 0.3) is 0 Å². The number of carbonyl (C=O) groups is 1. The van der Waals surface area contributed by atoms with Crippen LogP contribution in [0.25, 0.3) is 0 Å². The van der Waals surface area contributed by atoms with Crippen LogP contribution < -0.4 is 15.8 Å². The van der Waals surface area contributed by atoms with E-state index in [-0.39, 0.29) is 11.9 Å². The number of aryl methyl sites for hydroxylation is 1. The lowest BCUT2D eigenvalue weighted by Gasteiger charge is -2.15. The van der Waals surface area contributed by atoms with Crippen molar-refractivity contribution in [2.75, 3.05) is 19.8 Å². The maximum absolute atomic E-state index is 11.7.